The van der Waals surface area contributed by atoms with Gasteiger partial charge in [0.2, 0.25) is 23.6 Å². The number of rotatable bonds is 15. The Balaban J connectivity index is 5.49. The molecule has 14 heteroatoms. The van der Waals surface area contributed by atoms with Gasteiger partial charge in [-0.2, -0.15) is 0 Å². The Labute approximate surface area is 184 Å². The van der Waals surface area contributed by atoms with E-state index in [0.717, 1.165) is 0 Å². The van der Waals surface area contributed by atoms with Crippen molar-refractivity contribution in [3.05, 3.63) is 0 Å². The minimum Gasteiger partial charge on any atom is -0.481 e. The van der Waals surface area contributed by atoms with E-state index < -0.39 is 79.2 Å². The maximum atomic E-state index is 12.8. The molecule has 14 nitrogen and oxygen atoms in total. The van der Waals surface area contributed by atoms with Gasteiger partial charge in [0.25, 0.3) is 0 Å². The predicted molar refractivity (Wildman–Crippen MR) is 109 cm³/mol. The third-order valence-corrected chi connectivity index (χ3v) is 4.17. The Morgan fingerprint density at radius 2 is 1.34 bits per heavy atom. The van der Waals surface area contributed by atoms with Crippen LogP contribution in [-0.2, 0) is 28.8 Å². The van der Waals surface area contributed by atoms with Gasteiger partial charge in [0.1, 0.15) is 18.1 Å². The van der Waals surface area contributed by atoms with Crippen LogP contribution in [0.15, 0.2) is 0 Å². The number of hydrogen-bond donors (Lipinski definition) is 8. The summed E-state index contributed by atoms with van der Waals surface area (Å²) in [6.07, 6.45) is -1.25. The Morgan fingerprint density at radius 3 is 1.78 bits per heavy atom. The van der Waals surface area contributed by atoms with Crippen molar-refractivity contribution in [2.75, 3.05) is 6.61 Å². The van der Waals surface area contributed by atoms with Gasteiger partial charge in [-0.3, -0.25) is 24.0 Å². The van der Waals surface area contributed by atoms with Crippen LogP contribution in [0, 0.1) is 5.92 Å². The van der Waals surface area contributed by atoms with Crippen LogP contribution in [0.3, 0.4) is 0 Å². The number of aliphatic carboxylic acids is 2. The molecule has 0 aliphatic rings. The van der Waals surface area contributed by atoms with E-state index >= 15 is 0 Å². The molecule has 0 aliphatic carbocycles. The van der Waals surface area contributed by atoms with Crippen LogP contribution in [0.5, 0.6) is 0 Å². The fourth-order valence-electron chi connectivity index (χ4n) is 2.56. The lowest BCUT2D eigenvalue weighted by molar-refractivity contribution is -0.144. The standard InChI is InChI=1S/C18H31N5O9/c1-8(2)5-11(22-15(28)9(19)6-13(20)25)17(30)21-10(3-4-14(26)27)16(29)23-12(7-24)18(31)32/h8-12,24H,3-7,19H2,1-2H3,(H2,20,25)(H,21,30)(H,22,28)(H,23,29)(H,26,27)(H,31,32). The number of nitrogens with one attached hydrogen (secondary N) is 3. The van der Waals surface area contributed by atoms with Crippen LogP contribution in [0.1, 0.15) is 39.5 Å². The van der Waals surface area contributed by atoms with Gasteiger partial charge in [-0.15, -0.1) is 0 Å². The normalized spacial score (nSPS) is 14.5. The molecule has 0 aromatic heterocycles. The van der Waals surface area contributed by atoms with Crippen LogP contribution < -0.4 is 27.4 Å². The maximum absolute atomic E-state index is 12.8. The summed E-state index contributed by atoms with van der Waals surface area (Å²) < 4.78 is 0. The molecule has 182 valence electrons. The minimum absolute atomic E-state index is 0.101. The first-order valence-corrected chi connectivity index (χ1v) is 9.78. The Bertz CT molecular complexity index is 713. The lowest BCUT2D eigenvalue weighted by Crippen LogP contribution is -2.57. The molecule has 0 saturated carbocycles. The summed E-state index contributed by atoms with van der Waals surface area (Å²) >= 11 is 0. The zero-order valence-corrected chi connectivity index (χ0v) is 17.9. The van der Waals surface area contributed by atoms with Crippen molar-refractivity contribution < 1.29 is 44.1 Å². The van der Waals surface area contributed by atoms with Gasteiger partial charge < -0.3 is 42.7 Å². The van der Waals surface area contributed by atoms with E-state index in [-0.39, 0.29) is 18.8 Å². The summed E-state index contributed by atoms with van der Waals surface area (Å²) in [5.74, 6) is -6.42. The second-order valence-electron chi connectivity index (χ2n) is 7.54. The summed E-state index contributed by atoms with van der Waals surface area (Å²) in [7, 11) is 0. The van der Waals surface area contributed by atoms with Crippen LogP contribution in [0.25, 0.3) is 0 Å². The third-order valence-electron chi connectivity index (χ3n) is 4.17. The molecular weight excluding hydrogens is 430 g/mol. The third kappa shape index (κ3) is 11.2. The van der Waals surface area contributed by atoms with Crippen molar-refractivity contribution in [1.82, 2.24) is 16.0 Å². The second-order valence-corrected chi connectivity index (χ2v) is 7.54. The topological polar surface area (TPSA) is 251 Å². The number of carbonyl (C=O) groups excluding carboxylic acids is 4. The monoisotopic (exact) mass is 461 g/mol. The molecule has 0 radical (unpaired) electrons. The molecule has 0 spiro atoms. The number of amides is 4. The van der Waals surface area contributed by atoms with Crippen LogP contribution in [0.2, 0.25) is 0 Å². The summed E-state index contributed by atoms with van der Waals surface area (Å²) in [5.41, 5.74) is 10.6. The van der Waals surface area contributed by atoms with Gasteiger partial charge in [0.05, 0.1) is 19.1 Å². The molecule has 0 aliphatic heterocycles. The highest BCUT2D eigenvalue weighted by Crippen LogP contribution is 2.08. The molecule has 0 aromatic rings. The van der Waals surface area contributed by atoms with E-state index in [9.17, 15) is 28.8 Å². The van der Waals surface area contributed by atoms with E-state index in [0.29, 0.717) is 0 Å². The molecule has 0 heterocycles. The Morgan fingerprint density at radius 1 is 0.844 bits per heavy atom. The molecule has 0 rings (SSSR count). The average molecular weight is 461 g/mol. The minimum atomic E-state index is -1.66. The summed E-state index contributed by atoms with van der Waals surface area (Å²) in [6.45, 7) is 2.58. The van der Waals surface area contributed by atoms with E-state index in [4.69, 9.17) is 26.8 Å². The van der Waals surface area contributed by atoms with E-state index in [2.05, 4.69) is 10.6 Å². The summed E-state index contributed by atoms with van der Waals surface area (Å²) in [6, 6.07) is -5.61. The smallest absolute Gasteiger partial charge is 0.328 e. The Hall–Kier alpha value is -3.26. The first-order valence-electron chi connectivity index (χ1n) is 9.78. The molecule has 4 amide bonds. The van der Waals surface area contributed by atoms with Crippen molar-refractivity contribution in [3.8, 4) is 0 Å². The maximum Gasteiger partial charge on any atom is 0.328 e. The molecule has 0 fully saturated rings. The van der Waals surface area contributed by atoms with Gasteiger partial charge >= 0.3 is 11.9 Å². The number of carboxylic acids is 2. The van der Waals surface area contributed by atoms with Crippen LogP contribution >= 0.6 is 0 Å². The van der Waals surface area contributed by atoms with Gasteiger partial charge in [0, 0.05) is 6.42 Å². The molecular formula is C18H31N5O9. The molecule has 32 heavy (non-hydrogen) atoms. The number of aliphatic hydroxyl groups is 1. The molecule has 4 unspecified atom stereocenters. The molecule has 0 aromatic carbocycles. The Kier molecular flexibility index (Phi) is 12.5. The molecule has 4 atom stereocenters. The number of carbonyl (C=O) groups is 6. The quantitative estimate of drug-likeness (QED) is 0.120. The van der Waals surface area contributed by atoms with Crippen molar-refractivity contribution in [2.45, 2.75) is 63.7 Å². The average Bonchev–Trinajstić information content (AvgIpc) is 2.66. The molecule has 0 saturated heterocycles. The van der Waals surface area contributed by atoms with Gasteiger partial charge in [-0.1, -0.05) is 13.8 Å². The lowest BCUT2D eigenvalue weighted by Gasteiger charge is -2.25. The zero-order chi connectivity index (χ0) is 25.0. The fraction of sp³-hybridized carbons (Fsp3) is 0.667. The number of primary amides is 1. The van der Waals surface area contributed by atoms with Crippen LogP contribution in [0.4, 0.5) is 0 Å². The van der Waals surface area contributed by atoms with E-state index in [1.54, 1.807) is 13.8 Å². The summed E-state index contributed by atoms with van der Waals surface area (Å²) in [4.78, 5) is 70.2. The first-order chi connectivity index (χ1) is 14.8. The predicted octanol–water partition coefficient (Wildman–Crippen LogP) is -3.37. The first kappa shape index (κ1) is 28.7. The molecule has 10 N–H and O–H groups in total. The fourth-order valence-corrected chi connectivity index (χ4v) is 2.56. The SMILES string of the molecule is CC(C)CC(NC(=O)C(N)CC(N)=O)C(=O)NC(CCC(=O)O)C(=O)NC(CO)C(=O)O. The zero-order valence-electron chi connectivity index (χ0n) is 17.9. The van der Waals surface area contributed by atoms with Gasteiger partial charge in [0.15, 0.2) is 0 Å². The number of hydrogen-bond acceptors (Lipinski definition) is 8. The van der Waals surface area contributed by atoms with Crippen molar-refractivity contribution in [3.63, 3.8) is 0 Å². The van der Waals surface area contributed by atoms with E-state index in [1.165, 1.54) is 0 Å². The largest absolute Gasteiger partial charge is 0.481 e. The number of nitrogens with two attached hydrogens (primary N) is 2. The lowest BCUT2D eigenvalue weighted by atomic mass is 10.0. The van der Waals surface area contributed by atoms with Crippen molar-refractivity contribution in [1.29, 1.82) is 0 Å². The van der Waals surface area contributed by atoms with E-state index in [1.807, 2.05) is 5.32 Å². The molecule has 0 bridgehead atoms. The van der Waals surface area contributed by atoms with Crippen molar-refractivity contribution >= 4 is 35.6 Å². The highest BCUT2D eigenvalue weighted by Gasteiger charge is 2.31. The van der Waals surface area contributed by atoms with Crippen LogP contribution in [-0.4, -0.2) is 81.7 Å². The second kappa shape index (κ2) is 13.9. The number of aliphatic hydroxyl groups excluding tert-OH is 1. The van der Waals surface area contributed by atoms with Gasteiger partial charge in [-0.05, 0) is 18.8 Å². The summed E-state index contributed by atoms with van der Waals surface area (Å²) in [5, 5.41) is 33.6. The van der Waals surface area contributed by atoms with Crippen molar-refractivity contribution in [2.24, 2.45) is 17.4 Å². The highest BCUT2D eigenvalue weighted by molar-refractivity contribution is 5.95. The highest BCUT2D eigenvalue weighted by atomic mass is 16.4. The van der Waals surface area contributed by atoms with Gasteiger partial charge in [-0.25, -0.2) is 4.79 Å². The number of carboxylic acid groups (broad SMARTS) is 2.